The first-order valence-electron chi connectivity index (χ1n) is 8.79. The van der Waals surface area contributed by atoms with Crippen LogP contribution in [-0.2, 0) is 4.79 Å². The number of hydrogen-bond acceptors (Lipinski definition) is 3. The van der Waals surface area contributed by atoms with Crippen LogP contribution in [0.5, 0.6) is 0 Å². The van der Waals surface area contributed by atoms with Crippen LogP contribution in [0.2, 0.25) is 0 Å². The molecule has 2 amide bonds. The summed E-state index contributed by atoms with van der Waals surface area (Å²) in [6.07, 6.45) is 2.14. The Morgan fingerprint density at radius 2 is 1.62 bits per heavy atom. The van der Waals surface area contributed by atoms with Gasteiger partial charge in [-0.3, -0.25) is 9.59 Å². The minimum atomic E-state index is -0.0116. The first kappa shape index (κ1) is 17.5. The van der Waals surface area contributed by atoms with Gasteiger partial charge in [0.2, 0.25) is 5.91 Å². The summed E-state index contributed by atoms with van der Waals surface area (Å²) >= 11 is 1.52. The predicted octanol–water partition coefficient (Wildman–Crippen LogP) is 4.22. The Morgan fingerprint density at radius 1 is 1.08 bits per heavy atom. The lowest BCUT2D eigenvalue weighted by Crippen LogP contribution is -2.29. The van der Waals surface area contributed by atoms with Crippen LogP contribution in [-0.4, -0.2) is 29.8 Å². The monoisotopic (exact) mass is 348 g/mol. The number of amides is 2. The zero-order valence-electron chi connectivity index (χ0n) is 15.6. The summed E-state index contributed by atoms with van der Waals surface area (Å²) in [5.74, 6) is 0.100. The molecule has 0 spiro atoms. The molecule has 1 aromatic rings. The molecule has 24 heavy (non-hydrogen) atoms. The zero-order chi connectivity index (χ0) is 17.9. The van der Waals surface area contributed by atoms with E-state index in [1.807, 2.05) is 18.7 Å². The largest absolute Gasteiger partial charge is 0.339 e. The van der Waals surface area contributed by atoms with E-state index >= 15 is 0 Å². The molecule has 4 nitrogen and oxygen atoms in total. The second-order valence-electron chi connectivity index (χ2n) is 8.35. The van der Waals surface area contributed by atoms with Crippen molar-refractivity contribution in [1.82, 2.24) is 4.90 Å². The lowest BCUT2D eigenvalue weighted by molar-refractivity contribution is -0.118. The van der Waals surface area contributed by atoms with Crippen LogP contribution in [0.4, 0.5) is 5.00 Å². The zero-order valence-corrected chi connectivity index (χ0v) is 16.4. The normalized spacial score (nSPS) is 21.8. The molecule has 1 aliphatic heterocycles. The van der Waals surface area contributed by atoms with Crippen LogP contribution in [0, 0.1) is 30.6 Å². The van der Waals surface area contributed by atoms with Crippen LogP contribution in [0.25, 0.3) is 0 Å². The van der Waals surface area contributed by atoms with Gasteiger partial charge in [-0.1, -0.05) is 27.7 Å². The molecule has 0 radical (unpaired) electrons. The van der Waals surface area contributed by atoms with E-state index < -0.39 is 0 Å². The van der Waals surface area contributed by atoms with E-state index in [9.17, 15) is 9.59 Å². The molecule has 1 saturated heterocycles. The van der Waals surface area contributed by atoms with Crippen molar-refractivity contribution in [2.24, 2.45) is 16.7 Å². The third kappa shape index (κ3) is 2.48. The average Bonchev–Trinajstić information content (AvgIpc) is 2.91. The summed E-state index contributed by atoms with van der Waals surface area (Å²) in [6.45, 7) is 14.2. The fourth-order valence-electron chi connectivity index (χ4n) is 4.09. The standard InChI is InChI=1S/C19H28N2O2S/c1-11-12(2)24-16(13(11)17(23)21-9-7-8-10-21)20-15(22)14-18(3,4)19(14,5)6/h14H,7-10H2,1-6H3,(H,20,22). The van der Waals surface area contributed by atoms with Crippen LogP contribution in [0.3, 0.4) is 0 Å². The fraction of sp³-hybridized carbons (Fsp3) is 0.684. The van der Waals surface area contributed by atoms with Crippen molar-refractivity contribution in [3.63, 3.8) is 0 Å². The average molecular weight is 349 g/mol. The lowest BCUT2D eigenvalue weighted by Gasteiger charge is -2.17. The van der Waals surface area contributed by atoms with Crippen molar-refractivity contribution in [2.75, 3.05) is 18.4 Å². The van der Waals surface area contributed by atoms with E-state index in [0.717, 1.165) is 41.4 Å². The molecule has 2 fully saturated rings. The number of carbonyl (C=O) groups is 2. The highest BCUT2D eigenvalue weighted by Crippen LogP contribution is 2.68. The van der Waals surface area contributed by atoms with Gasteiger partial charge < -0.3 is 10.2 Å². The topological polar surface area (TPSA) is 49.4 Å². The van der Waals surface area contributed by atoms with E-state index in [4.69, 9.17) is 0 Å². The Balaban J connectivity index is 1.85. The van der Waals surface area contributed by atoms with E-state index in [-0.39, 0.29) is 28.6 Å². The Labute approximate surface area is 148 Å². The van der Waals surface area contributed by atoms with Crippen molar-refractivity contribution in [2.45, 2.75) is 54.4 Å². The molecule has 1 saturated carbocycles. The number of anilines is 1. The fourth-order valence-corrected chi connectivity index (χ4v) is 5.14. The van der Waals surface area contributed by atoms with Gasteiger partial charge in [0.1, 0.15) is 5.00 Å². The summed E-state index contributed by atoms with van der Waals surface area (Å²) in [5, 5.41) is 3.81. The maximum atomic E-state index is 12.9. The highest BCUT2D eigenvalue weighted by molar-refractivity contribution is 7.16. The van der Waals surface area contributed by atoms with Gasteiger partial charge in [0.25, 0.3) is 5.91 Å². The second kappa shape index (κ2) is 5.58. The van der Waals surface area contributed by atoms with Gasteiger partial charge in [0, 0.05) is 23.9 Å². The third-order valence-corrected chi connectivity index (χ3v) is 7.63. The summed E-state index contributed by atoms with van der Waals surface area (Å²) in [7, 11) is 0. The third-order valence-electron chi connectivity index (χ3n) is 6.51. The Hall–Kier alpha value is -1.36. The van der Waals surface area contributed by atoms with Crippen LogP contribution >= 0.6 is 11.3 Å². The van der Waals surface area contributed by atoms with Crippen molar-refractivity contribution in [3.8, 4) is 0 Å². The first-order chi connectivity index (χ1) is 11.1. The highest BCUT2D eigenvalue weighted by atomic mass is 32.1. The molecular weight excluding hydrogens is 320 g/mol. The van der Waals surface area contributed by atoms with Crippen molar-refractivity contribution in [3.05, 3.63) is 16.0 Å². The van der Waals surface area contributed by atoms with Crippen molar-refractivity contribution < 1.29 is 9.59 Å². The minimum Gasteiger partial charge on any atom is -0.339 e. The number of thiophene rings is 1. The number of likely N-dealkylation sites (tertiary alicyclic amines) is 1. The van der Waals surface area contributed by atoms with Gasteiger partial charge in [-0.15, -0.1) is 11.3 Å². The molecule has 3 rings (SSSR count). The number of aryl methyl sites for hydroxylation is 1. The molecule has 0 unspecified atom stereocenters. The molecule has 2 heterocycles. The number of rotatable bonds is 3. The maximum Gasteiger partial charge on any atom is 0.257 e. The summed E-state index contributed by atoms with van der Waals surface area (Å²) in [5.41, 5.74) is 1.69. The molecule has 132 valence electrons. The van der Waals surface area contributed by atoms with Gasteiger partial charge in [-0.2, -0.15) is 0 Å². The van der Waals surface area contributed by atoms with Gasteiger partial charge in [0.05, 0.1) is 5.56 Å². The molecule has 0 aromatic carbocycles. The van der Waals surface area contributed by atoms with Crippen molar-refractivity contribution >= 4 is 28.2 Å². The summed E-state index contributed by atoms with van der Waals surface area (Å²) in [4.78, 5) is 28.7. The minimum absolute atomic E-state index is 0.00242. The quantitative estimate of drug-likeness (QED) is 0.889. The van der Waals surface area contributed by atoms with E-state index in [1.54, 1.807) is 0 Å². The number of hydrogen-bond donors (Lipinski definition) is 1. The Kier molecular flexibility index (Phi) is 4.06. The van der Waals surface area contributed by atoms with Crippen LogP contribution in [0.15, 0.2) is 0 Å². The van der Waals surface area contributed by atoms with Gasteiger partial charge >= 0.3 is 0 Å². The van der Waals surface area contributed by atoms with Gasteiger partial charge in [-0.25, -0.2) is 0 Å². The second-order valence-corrected chi connectivity index (χ2v) is 9.58. The number of nitrogens with one attached hydrogen (secondary N) is 1. The smallest absolute Gasteiger partial charge is 0.257 e. The number of nitrogens with zero attached hydrogens (tertiary/aromatic N) is 1. The lowest BCUT2D eigenvalue weighted by atomic mass is 10.0. The molecular formula is C19H28N2O2S. The summed E-state index contributed by atoms with van der Waals surface area (Å²) in [6, 6.07) is 0. The van der Waals surface area contributed by atoms with E-state index in [1.165, 1.54) is 11.3 Å². The van der Waals surface area contributed by atoms with Crippen LogP contribution < -0.4 is 5.32 Å². The van der Waals surface area contributed by atoms with Gasteiger partial charge in [-0.05, 0) is 43.1 Å². The predicted molar refractivity (Wildman–Crippen MR) is 98.6 cm³/mol. The molecule has 1 N–H and O–H groups in total. The number of carbonyl (C=O) groups excluding carboxylic acids is 2. The molecule has 1 aromatic heterocycles. The molecule has 2 aliphatic rings. The molecule has 0 atom stereocenters. The molecule has 5 heteroatoms. The van der Waals surface area contributed by atoms with Crippen LogP contribution in [0.1, 0.15) is 61.3 Å². The Morgan fingerprint density at radius 3 is 2.12 bits per heavy atom. The van der Waals surface area contributed by atoms with Gasteiger partial charge in [0.15, 0.2) is 0 Å². The highest BCUT2D eigenvalue weighted by Gasteiger charge is 2.68. The van der Waals surface area contributed by atoms with E-state index in [0.29, 0.717) is 5.56 Å². The molecule has 0 bridgehead atoms. The Bertz CT molecular complexity index is 682. The SMILES string of the molecule is Cc1sc(NC(=O)C2C(C)(C)C2(C)C)c(C(=O)N2CCCC2)c1C. The van der Waals surface area contributed by atoms with E-state index in [2.05, 4.69) is 33.0 Å². The first-order valence-corrected chi connectivity index (χ1v) is 9.61. The van der Waals surface area contributed by atoms with Crippen molar-refractivity contribution in [1.29, 1.82) is 0 Å². The summed E-state index contributed by atoms with van der Waals surface area (Å²) < 4.78 is 0. The maximum absolute atomic E-state index is 12.9. The molecule has 1 aliphatic carbocycles.